The van der Waals surface area contributed by atoms with Crippen LogP contribution in [-0.2, 0) is 6.54 Å². The molecule has 3 N–H and O–H groups in total. The Bertz CT molecular complexity index is 650. The summed E-state index contributed by atoms with van der Waals surface area (Å²) in [5.41, 5.74) is 0.191. The fourth-order valence-electron chi connectivity index (χ4n) is 2.86. The third-order valence-corrected chi connectivity index (χ3v) is 4.17. The Morgan fingerprint density at radius 1 is 1.22 bits per heavy atom. The number of para-hydroxylation sites is 1. The molecule has 0 unspecified atom stereocenters. The molecule has 0 bridgehead atoms. The Morgan fingerprint density at radius 2 is 1.96 bits per heavy atom. The lowest BCUT2D eigenvalue weighted by molar-refractivity contribution is 0.0501. The van der Waals surface area contributed by atoms with Crippen LogP contribution >= 0.6 is 0 Å². The minimum atomic E-state index is -0.749. The molecular weight excluding hydrogens is 294 g/mol. The van der Waals surface area contributed by atoms with Crippen molar-refractivity contribution in [2.24, 2.45) is 0 Å². The van der Waals surface area contributed by atoms with E-state index in [1.807, 2.05) is 34.9 Å². The number of aliphatic hydroxyl groups is 1. The van der Waals surface area contributed by atoms with Crippen LogP contribution in [0.4, 0.5) is 4.79 Å². The topological polar surface area (TPSA) is 92.1 Å². The normalized spacial score (nSPS) is 16.2. The van der Waals surface area contributed by atoms with E-state index in [4.69, 9.17) is 0 Å². The zero-order valence-electron chi connectivity index (χ0n) is 12.9. The lowest BCUT2D eigenvalue weighted by atomic mass is 10.0. The molecule has 23 heavy (non-hydrogen) atoms. The second-order valence-corrected chi connectivity index (χ2v) is 5.92. The van der Waals surface area contributed by atoms with Crippen LogP contribution < -0.4 is 10.6 Å². The Balaban J connectivity index is 1.53. The van der Waals surface area contributed by atoms with Crippen LogP contribution in [0.2, 0.25) is 0 Å². The van der Waals surface area contributed by atoms with Crippen LogP contribution in [0, 0.1) is 0 Å². The highest BCUT2D eigenvalue weighted by Gasteiger charge is 2.31. The third-order valence-electron chi connectivity index (χ3n) is 4.17. The van der Waals surface area contributed by atoms with Gasteiger partial charge < -0.3 is 15.7 Å². The van der Waals surface area contributed by atoms with Crippen LogP contribution in [0.25, 0.3) is 5.69 Å². The van der Waals surface area contributed by atoms with Crippen LogP contribution in [0.5, 0.6) is 0 Å². The summed E-state index contributed by atoms with van der Waals surface area (Å²) in [5.74, 6) is 0.644. The van der Waals surface area contributed by atoms with E-state index in [2.05, 4.69) is 20.8 Å². The predicted molar refractivity (Wildman–Crippen MR) is 85.0 cm³/mol. The van der Waals surface area contributed by atoms with Gasteiger partial charge in [0.05, 0.1) is 12.1 Å². The summed E-state index contributed by atoms with van der Waals surface area (Å²) in [5, 5.41) is 23.6. The molecule has 122 valence electrons. The Kier molecular flexibility index (Phi) is 4.57. The van der Waals surface area contributed by atoms with Crippen molar-refractivity contribution in [2.75, 3.05) is 6.54 Å². The number of hydrogen-bond acceptors (Lipinski definition) is 4. The fraction of sp³-hybridized carbons (Fsp3) is 0.438. The molecule has 0 aliphatic heterocycles. The highest BCUT2D eigenvalue weighted by molar-refractivity contribution is 5.73. The second-order valence-electron chi connectivity index (χ2n) is 5.92. The average molecular weight is 315 g/mol. The number of hydrogen-bond donors (Lipinski definition) is 3. The molecule has 1 fully saturated rings. The lowest BCUT2D eigenvalue weighted by Crippen LogP contribution is -2.45. The van der Waals surface area contributed by atoms with Gasteiger partial charge in [-0.25, -0.2) is 4.79 Å². The van der Waals surface area contributed by atoms with Crippen molar-refractivity contribution >= 4 is 6.03 Å². The van der Waals surface area contributed by atoms with Crippen LogP contribution in [0.1, 0.15) is 31.5 Å². The summed E-state index contributed by atoms with van der Waals surface area (Å²) >= 11 is 0. The van der Waals surface area contributed by atoms with Crippen molar-refractivity contribution in [3.63, 3.8) is 0 Å². The largest absolute Gasteiger partial charge is 0.388 e. The van der Waals surface area contributed by atoms with Gasteiger partial charge in [-0.05, 0) is 25.0 Å². The molecule has 7 heteroatoms. The highest BCUT2D eigenvalue weighted by atomic mass is 16.3. The van der Waals surface area contributed by atoms with E-state index >= 15 is 0 Å². The van der Waals surface area contributed by atoms with Crippen LogP contribution in [0.3, 0.4) is 0 Å². The molecule has 2 amide bonds. The SMILES string of the molecule is O=C(NCc1nncn1-c1ccccc1)NCC1(O)CCCC1. The van der Waals surface area contributed by atoms with Crippen molar-refractivity contribution in [2.45, 2.75) is 37.8 Å². The molecule has 1 aliphatic rings. The highest BCUT2D eigenvalue weighted by Crippen LogP contribution is 2.28. The quantitative estimate of drug-likeness (QED) is 0.777. The van der Waals surface area contributed by atoms with Crippen LogP contribution in [0.15, 0.2) is 36.7 Å². The smallest absolute Gasteiger partial charge is 0.315 e. The van der Waals surface area contributed by atoms with E-state index in [0.717, 1.165) is 31.4 Å². The van der Waals surface area contributed by atoms with Crippen molar-refractivity contribution < 1.29 is 9.90 Å². The maximum absolute atomic E-state index is 11.9. The average Bonchev–Trinajstić information content (AvgIpc) is 3.21. The molecular formula is C16H21N5O2. The first kappa shape index (κ1) is 15.5. The van der Waals surface area contributed by atoms with Gasteiger partial charge in [-0.2, -0.15) is 0 Å². The maximum Gasteiger partial charge on any atom is 0.315 e. The Labute approximate surface area is 134 Å². The van der Waals surface area contributed by atoms with Gasteiger partial charge in [-0.15, -0.1) is 10.2 Å². The number of aromatic nitrogens is 3. The molecule has 0 saturated heterocycles. The second kappa shape index (κ2) is 6.78. The molecule has 1 heterocycles. The van der Waals surface area contributed by atoms with E-state index in [-0.39, 0.29) is 19.1 Å². The Morgan fingerprint density at radius 3 is 2.70 bits per heavy atom. The summed E-state index contributed by atoms with van der Waals surface area (Å²) in [6.45, 7) is 0.545. The van der Waals surface area contributed by atoms with Gasteiger partial charge in [-0.1, -0.05) is 31.0 Å². The molecule has 0 atom stereocenters. The van der Waals surface area contributed by atoms with E-state index in [1.54, 1.807) is 6.33 Å². The molecule has 1 aliphatic carbocycles. The zero-order valence-corrected chi connectivity index (χ0v) is 12.9. The third kappa shape index (κ3) is 3.87. The summed E-state index contributed by atoms with van der Waals surface area (Å²) in [7, 11) is 0. The molecule has 0 radical (unpaired) electrons. The number of amides is 2. The molecule has 1 aromatic carbocycles. The van der Waals surface area contributed by atoms with Gasteiger partial charge in [0, 0.05) is 12.2 Å². The van der Waals surface area contributed by atoms with Crippen LogP contribution in [-0.4, -0.2) is 38.0 Å². The fourth-order valence-corrected chi connectivity index (χ4v) is 2.86. The first-order valence-electron chi connectivity index (χ1n) is 7.85. The van der Waals surface area contributed by atoms with Crippen molar-refractivity contribution in [3.05, 3.63) is 42.5 Å². The number of nitrogens with zero attached hydrogens (tertiary/aromatic N) is 3. The predicted octanol–water partition coefficient (Wildman–Crippen LogP) is 1.37. The van der Waals surface area contributed by atoms with Crippen molar-refractivity contribution in [1.29, 1.82) is 0 Å². The van der Waals surface area contributed by atoms with Gasteiger partial charge in [-0.3, -0.25) is 4.57 Å². The number of rotatable bonds is 5. The van der Waals surface area contributed by atoms with Gasteiger partial charge in [0.25, 0.3) is 0 Å². The van der Waals surface area contributed by atoms with Crippen molar-refractivity contribution in [1.82, 2.24) is 25.4 Å². The summed E-state index contributed by atoms with van der Waals surface area (Å²) in [6, 6.07) is 9.38. The number of carbonyl (C=O) groups excluding carboxylic acids is 1. The minimum Gasteiger partial charge on any atom is -0.388 e. The number of carbonyl (C=O) groups is 1. The minimum absolute atomic E-state index is 0.263. The molecule has 1 aromatic heterocycles. The van der Waals surface area contributed by atoms with E-state index in [9.17, 15) is 9.90 Å². The number of urea groups is 1. The molecule has 2 aromatic rings. The van der Waals surface area contributed by atoms with Gasteiger partial charge >= 0.3 is 6.03 Å². The monoisotopic (exact) mass is 315 g/mol. The Hall–Kier alpha value is -2.41. The first-order valence-corrected chi connectivity index (χ1v) is 7.85. The van der Waals surface area contributed by atoms with Gasteiger partial charge in [0.15, 0.2) is 5.82 Å². The number of benzene rings is 1. The summed E-state index contributed by atoms with van der Waals surface area (Å²) in [6.07, 6.45) is 5.14. The first-order chi connectivity index (χ1) is 11.2. The van der Waals surface area contributed by atoms with Crippen molar-refractivity contribution in [3.8, 4) is 5.69 Å². The lowest BCUT2D eigenvalue weighted by Gasteiger charge is -2.22. The maximum atomic E-state index is 11.9. The molecule has 7 nitrogen and oxygen atoms in total. The zero-order chi connectivity index (χ0) is 16.1. The molecule has 1 saturated carbocycles. The molecule has 0 spiro atoms. The van der Waals surface area contributed by atoms with Gasteiger partial charge in [0.2, 0.25) is 0 Å². The van der Waals surface area contributed by atoms with E-state index in [0.29, 0.717) is 5.82 Å². The van der Waals surface area contributed by atoms with E-state index in [1.165, 1.54) is 0 Å². The summed E-state index contributed by atoms with van der Waals surface area (Å²) in [4.78, 5) is 11.9. The van der Waals surface area contributed by atoms with Gasteiger partial charge in [0.1, 0.15) is 6.33 Å². The standard InChI is InChI=1S/C16H21N5O2/c22-15(18-11-16(23)8-4-5-9-16)17-10-14-20-19-12-21(14)13-6-2-1-3-7-13/h1-3,6-7,12,23H,4-5,8-11H2,(H2,17,18,22). The molecule has 3 rings (SSSR count). The van der Waals surface area contributed by atoms with E-state index < -0.39 is 5.60 Å². The summed E-state index contributed by atoms with van der Waals surface area (Å²) < 4.78 is 1.82. The number of nitrogens with one attached hydrogen (secondary N) is 2.